The van der Waals surface area contributed by atoms with E-state index in [0.29, 0.717) is 5.02 Å². The molecule has 0 bridgehead atoms. The Hall–Kier alpha value is -2.07. The number of fused-ring (bicyclic) bond motifs is 1. The maximum absolute atomic E-state index is 9.53. The summed E-state index contributed by atoms with van der Waals surface area (Å²) in [6.45, 7) is 2.95. The van der Waals surface area contributed by atoms with Crippen LogP contribution in [0.5, 0.6) is 5.75 Å². The van der Waals surface area contributed by atoms with Crippen LogP contribution >= 0.6 is 11.6 Å². The van der Waals surface area contributed by atoms with Crippen molar-refractivity contribution in [1.29, 1.82) is 0 Å². The van der Waals surface area contributed by atoms with Gasteiger partial charge in [-0.2, -0.15) is 0 Å². The van der Waals surface area contributed by atoms with E-state index in [1.807, 2.05) is 18.2 Å². The summed E-state index contributed by atoms with van der Waals surface area (Å²) in [6.07, 6.45) is 2.75. The lowest BCUT2D eigenvalue weighted by Gasteiger charge is -2.07. The number of hydrogen-bond acceptors (Lipinski definition) is 3. The SMILES string of the molecule is CCCn1c(-c2ccc(O)c(Cl)c2)nc2cccnc21. The van der Waals surface area contributed by atoms with Crippen LogP contribution in [0, 0.1) is 0 Å². The number of benzene rings is 1. The molecule has 2 aromatic heterocycles. The van der Waals surface area contributed by atoms with E-state index in [1.54, 1.807) is 18.3 Å². The third-order valence-electron chi connectivity index (χ3n) is 3.16. The van der Waals surface area contributed by atoms with Crippen LogP contribution in [-0.2, 0) is 6.54 Å². The monoisotopic (exact) mass is 287 g/mol. The topological polar surface area (TPSA) is 50.9 Å². The molecule has 0 saturated heterocycles. The Bertz CT molecular complexity index is 767. The normalized spacial score (nSPS) is 11.1. The van der Waals surface area contributed by atoms with Crippen LogP contribution in [0.25, 0.3) is 22.6 Å². The smallest absolute Gasteiger partial charge is 0.160 e. The van der Waals surface area contributed by atoms with Crippen molar-refractivity contribution in [2.75, 3.05) is 0 Å². The first-order valence-electron chi connectivity index (χ1n) is 6.51. The summed E-state index contributed by atoms with van der Waals surface area (Å²) in [5.74, 6) is 0.897. The van der Waals surface area contributed by atoms with Gasteiger partial charge in [0.2, 0.25) is 0 Å². The molecule has 0 unspecified atom stereocenters. The molecule has 1 aromatic carbocycles. The number of nitrogens with zero attached hydrogens (tertiary/aromatic N) is 3. The summed E-state index contributed by atoms with van der Waals surface area (Å²) in [7, 11) is 0. The van der Waals surface area contributed by atoms with Gasteiger partial charge in [-0.1, -0.05) is 18.5 Å². The molecule has 1 N–H and O–H groups in total. The van der Waals surface area contributed by atoms with Gasteiger partial charge >= 0.3 is 0 Å². The molecule has 0 aliphatic rings. The van der Waals surface area contributed by atoms with E-state index in [0.717, 1.165) is 35.5 Å². The van der Waals surface area contributed by atoms with Crippen LogP contribution in [0.4, 0.5) is 0 Å². The van der Waals surface area contributed by atoms with Gasteiger partial charge in [-0.15, -0.1) is 0 Å². The lowest BCUT2D eigenvalue weighted by Crippen LogP contribution is -2.00. The molecule has 0 radical (unpaired) electrons. The van der Waals surface area contributed by atoms with Gasteiger partial charge in [-0.05, 0) is 36.8 Å². The first-order valence-corrected chi connectivity index (χ1v) is 6.88. The summed E-state index contributed by atoms with van der Waals surface area (Å²) < 4.78 is 2.08. The van der Waals surface area contributed by atoms with E-state index >= 15 is 0 Å². The molecule has 0 aliphatic heterocycles. The third kappa shape index (κ3) is 2.12. The lowest BCUT2D eigenvalue weighted by atomic mass is 10.2. The Kier molecular flexibility index (Phi) is 3.32. The van der Waals surface area contributed by atoms with Crippen molar-refractivity contribution in [2.24, 2.45) is 0 Å². The molecule has 0 aliphatic carbocycles. The Morgan fingerprint density at radius 2 is 2.15 bits per heavy atom. The highest BCUT2D eigenvalue weighted by molar-refractivity contribution is 6.32. The van der Waals surface area contributed by atoms with Gasteiger partial charge < -0.3 is 9.67 Å². The molecular weight excluding hydrogens is 274 g/mol. The molecule has 0 fully saturated rings. The minimum absolute atomic E-state index is 0.0756. The Morgan fingerprint density at radius 1 is 1.30 bits per heavy atom. The highest BCUT2D eigenvalue weighted by Crippen LogP contribution is 2.30. The van der Waals surface area contributed by atoms with Crippen LogP contribution in [0.1, 0.15) is 13.3 Å². The van der Waals surface area contributed by atoms with E-state index in [-0.39, 0.29) is 5.75 Å². The molecule has 0 atom stereocenters. The average Bonchev–Trinajstić information content (AvgIpc) is 2.82. The zero-order valence-electron chi connectivity index (χ0n) is 11.0. The van der Waals surface area contributed by atoms with Crippen LogP contribution in [0.3, 0.4) is 0 Å². The van der Waals surface area contributed by atoms with Crippen molar-refractivity contribution in [3.05, 3.63) is 41.6 Å². The first-order chi connectivity index (χ1) is 9.70. The second-order valence-electron chi connectivity index (χ2n) is 4.60. The van der Waals surface area contributed by atoms with Crippen molar-refractivity contribution in [1.82, 2.24) is 14.5 Å². The molecule has 5 heteroatoms. The number of imidazole rings is 1. The van der Waals surface area contributed by atoms with E-state index in [1.165, 1.54) is 0 Å². The van der Waals surface area contributed by atoms with Gasteiger partial charge in [0.25, 0.3) is 0 Å². The van der Waals surface area contributed by atoms with Gasteiger partial charge in [0, 0.05) is 18.3 Å². The number of phenols is 1. The van der Waals surface area contributed by atoms with Crippen molar-refractivity contribution in [3.63, 3.8) is 0 Å². The fourth-order valence-corrected chi connectivity index (χ4v) is 2.44. The van der Waals surface area contributed by atoms with Crippen molar-refractivity contribution in [2.45, 2.75) is 19.9 Å². The quantitative estimate of drug-likeness (QED) is 0.795. The van der Waals surface area contributed by atoms with Crippen LogP contribution in [0.15, 0.2) is 36.5 Å². The highest BCUT2D eigenvalue weighted by atomic mass is 35.5. The number of rotatable bonds is 3. The zero-order chi connectivity index (χ0) is 14.1. The number of halogens is 1. The second kappa shape index (κ2) is 5.13. The second-order valence-corrected chi connectivity index (χ2v) is 5.01. The Morgan fingerprint density at radius 3 is 2.90 bits per heavy atom. The summed E-state index contributed by atoms with van der Waals surface area (Å²) in [6, 6.07) is 8.94. The molecule has 102 valence electrons. The summed E-state index contributed by atoms with van der Waals surface area (Å²) >= 11 is 5.99. The fourth-order valence-electron chi connectivity index (χ4n) is 2.26. The first kappa shape index (κ1) is 12.9. The number of hydrogen-bond donors (Lipinski definition) is 1. The molecule has 0 saturated carbocycles. The number of phenolic OH excluding ortho intramolecular Hbond substituents is 1. The van der Waals surface area contributed by atoms with Gasteiger partial charge in [0.15, 0.2) is 5.65 Å². The molecule has 4 nitrogen and oxygen atoms in total. The van der Waals surface area contributed by atoms with Gasteiger partial charge in [0.05, 0.1) is 5.02 Å². The molecular formula is C15H14ClN3O. The van der Waals surface area contributed by atoms with E-state index in [9.17, 15) is 5.11 Å². The lowest BCUT2D eigenvalue weighted by molar-refractivity contribution is 0.475. The predicted octanol–water partition coefficient (Wildman–Crippen LogP) is 3.87. The summed E-state index contributed by atoms with van der Waals surface area (Å²) in [5, 5.41) is 9.86. The molecule has 0 spiro atoms. The maximum atomic E-state index is 9.53. The van der Waals surface area contributed by atoms with Crippen molar-refractivity contribution in [3.8, 4) is 17.1 Å². The summed E-state index contributed by atoms with van der Waals surface area (Å²) in [5.41, 5.74) is 2.60. The van der Waals surface area contributed by atoms with Crippen LogP contribution in [0.2, 0.25) is 5.02 Å². The summed E-state index contributed by atoms with van der Waals surface area (Å²) in [4.78, 5) is 9.04. The fraction of sp³-hybridized carbons (Fsp3) is 0.200. The number of aromatic hydroxyl groups is 1. The standard InChI is InChI=1S/C15H14ClN3O/c1-2-8-19-14(10-5-6-13(20)11(16)9-10)18-12-4-3-7-17-15(12)19/h3-7,9,20H,2,8H2,1H3. The number of aryl methyl sites for hydroxylation is 1. The highest BCUT2D eigenvalue weighted by Gasteiger charge is 2.13. The number of aromatic nitrogens is 3. The molecule has 20 heavy (non-hydrogen) atoms. The van der Waals surface area contributed by atoms with Crippen LogP contribution < -0.4 is 0 Å². The third-order valence-corrected chi connectivity index (χ3v) is 3.46. The largest absolute Gasteiger partial charge is 0.506 e. The molecule has 3 rings (SSSR count). The van der Waals surface area contributed by atoms with E-state index < -0.39 is 0 Å². The molecule has 2 heterocycles. The van der Waals surface area contributed by atoms with Gasteiger partial charge in [-0.25, -0.2) is 9.97 Å². The van der Waals surface area contributed by atoms with E-state index in [4.69, 9.17) is 11.6 Å². The van der Waals surface area contributed by atoms with E-state index in [2.05, 4.69) is 21.5 Å². The molecule has 3 aromatic rings. The van der Waals surface area contributed by atoms with Crippen molar-refractivity contribution >= 4 is 22.8 Å². The molecule has 0 amide bonds. The van der Waals surface area contributed by atoms with Gasteiger partial charge in [0.1, 0.15) is 17.1 Å². The maximum Gasteiger partial charge on any atom is 0.160 e. The Balaban J connectivity index is 2.23. The van der Waals surface area contributed by atoms with Crippen LogP contribution in [-0.4, -0.2) is 19.6 Å². The average molecular weight is 288 g/mol. The number of pyridine rings is 1. The minimum Gasteiger partial charge on any atom is -0.506 e. The zero-order valence-corrected chi connectivity index (χ0v) is 11.8. The minimum atomic E-state index is 0.0756. The van der Waals surface area contributed by atoms with Crippen molar-refractivity contribution < 1.29 is 5.11 Å². The predicted molar refractivity (Wildman–Crippen MR) is 79.9 cm³/mol. The van der Waals surface area contributed by atoms with Gasteiger partial charge in [-0.3, -0.25) is 0 Å². The Labute approximate surface area is 121 Å².